The summed E-state index contributed by atoms with van der Waals surface area (Å²) in [5.74, 6) is -0.400. The van der Waals surface area contributed by atoms with Gasteiger partial charge in [0, 0.05) is 17.3 Å². The van der Waals surface area contributed by atoms with E-state index >= 15 is 0 Å². The van der Waals surface area contributed by atoms with Gasteiger partial charge in [-0.05, 0) is 61.7 Å². The van der Waals surface area contributed by atoms with Gasteiger partial charge in [-0.2, -0.15) is 4.31 Å². The zero-order valence-corrected chi connectivity index (χ0v) is 19.3. The fraction of sp³-hybridized carbons (Fsp3) is 0.208. The predicted octanol–water partition coefficient (Wildman–Crippen LogP) is 5.09. The average molecular weight is 457 g/mol. The Morgan fingerprint density at radius 2 is 1.52 bits per heavy atom. The standard InChI is InChI=1S/C24H25ClN2O3S/c1-17-13-18(2)24(19(3)14-17)26-23(28)16-27(15-20-7-5-4-6-8-20)31(29,30)22-11-9-21(25)10-12-22/h4-14H,15-16H2,1-3H3,(H,26,28). The van der Waals surface area contributed by atoms with Gasteiger partial charge in [0.2, 0.25) is 15.9 Å². The van der Waals surface area contributed by atoms with Crippen LogP contribution in [0.2, 0.25) is 5.02 Å². The first kappa shape index (κ1) is 23.0. The molecule has 3 aromatic carbocycles. The van der Waals surface area contributed by atoms with E-state index in [0.717, 1.165) is 22.3 Å². The second kappa shape index (κ2) is 9.64. The number of hydrogen-bond acceptors (Lipinski definition) is 3. The minimum atomic E-state index is -3.92. The fourth-order valence-corrected chi connectivity index (χ4v) is 5.00. The van der Waals surface area contributed by atoms with Crippen molar-refractivity contribution < 1.29 is 13.2 Å². The largest absolute Gasteiger partial charge is 0.324 e. The van der Waals surface area contributed by atoms with Crippen molar-refractivity contribution in [3.8, 4) is 0 Å². The van der Waals surface area contributed by atoms with Crippen LogP contribution in [0, 0.1) is 20.8 Å². The van der Waals surface area contributed by atoms with E-state index in [-0.39, 0.29) is 18.0 Å². The number of carbonyl (C=O) groups excluding carboxylic acids is 1. The predicted molar refractivity (Wildman–Crippen MR) is 125 cm³/mol. The summed E-state index contributed by atoms with van der Waals surface area (Å²) in [5, 5.41) is 3.33. The minimum absolute atomic E-state index is 0.0745. The van der Waals surface area contributed by atoms with Crippen molar-refractivity contribution in [2.24, 2.45) is 0 Å². The van der Waals surface area contributed by atoms with Gasteiger partial charge < -0.3 is 5.32 Å². The number of carbonyl (C=O) groups is 1. The molecule has 0 unspecified atom stereocenters. The molecule has 7 heteroatoms. The summed E-state index contributed by atoms with van der Waals surface area (Å²) in [6.45, 7) is 5.59. The molecular formula is C24H25ClN2O3S. The number of sulfonamides is 1. The number of anilines is 1. The van der Waals surface area contributed by atoms with Crippen molar-refractivity contribution in [3.63, 3.8) is 0 Å². The summed E-state index contributed by atoms with van der Waals surface area (Å²) in [5.41, 5.74) is 4.46. The molecule has 0 saturated heterocycles. The Labute approximate surface area is 188 Å². The maximum Gasteiger partial charge on any atom is 0.243 e. The molecule has 0 bridgehead atoms. The van der Waals surface area contributed by atoms with Crippen LogP contribution < -0.4 is 5.32 Å². The molecule has 0 saturated carbocycles. The summed E-state index contributed by atoms with van der Waals surface area (Å²) in [6, 6.07) is 19.1. The number of hydrogen-bond donors (Lipinski definition) is 1. The van der Waals surface area contributed by atoms with Crippen LogP contribution in [0.25, 0.3) is 0 Å². The van der Waals surface area contributed by atoms with Crippen molar-refractivity contribution in [1.82, 2.24) is 4.31 Å². The molecule has 31 heavy (non-hydrogen) atoms. The molecule has 1 N–H and O–H groups in total. The molecule has 0 radical (unpaired) electrons. The average Bonchev–Trinajstić information content (AvgIpc) is 2.71. The van der Waals surface area contributed by atoms with Gasteiger partial charge in [-0.3, -0.25) is 4.79 Å². The van der Waals surface area contributed by atoms with E-state index in [1.807, 2.05) is 63.2 Å². The molecule has 0 atom stereocenters. The number of aryl methyl sites for hydroxylation is 3. The first-order chi connectivity index (χ1) is 14.7. The summed E-state index contributed by atoms with van der Waals surface area (Å²) >= 11 is 5.91. The normalized spacial score (nSPS) is 11.5. The Morgan fingerprint density at radius 3 is 2.10 bits per heavy atom. The quantitative estimate of drug-likeness (QED) is 0.538. The highest BCUT2D eigenvalue weighted by molar-refractivity contribution is 7.89. The summed E-state index contributed by atoms with van der Waals surface area (Å²) in [7, 11) is -3.92. The SMILES string of the molecule is Cc1cc(C)c(NC(=O)CN(Cc2ccccc2)S(=O)(=O)c2ccc(Cl)cc2)c(C)c1. The van der Waals surface area contributed by atoms with Crippen LogP contribution >= 0.6 is 11.6 Å². The second-order valence-corrected chi connectivity index (χ2v) is 9.91. The van der Waals surface area contributed by atoms with E-state index in [2.05, 4.69) is 5.32 Å². The third-order valence-electron chi connectivity index (χ3n) is 4.91. The topological polar surface area (TPSA) is 66.5 Å². The monoisotopic (exact) mass is 456 g/mol. The molecule has 3 aromatic rings. The van der Waals surface area contributed by atoms with Crippen LogP contribution in [0.3, 0.4) is 0 Å². The molecule has 5 nitrogen and oxygen atoms in total. The Morgan fingerprint density at radius 1 is 0.935 bits per heavy atom. The highest BCUT2D eigenvalue weighted by Crippen LogP contribution is 2.23. The molecule has 0 aromatic heterocycles. The van der Waals surface area contributed by atoms with E-state index in [0.29, 0.717) is 10.7 Å². The van der Waals surface area contributed by atoms with E-state index in [4.69, 9.17) is 11.6 Å². The fourth-order valence-electron chi connectivity index (χ4n) is 3.48. The van der Waals surface area contributed by atoms with Gasteiger partial charge in [0.1, 0.15) is 0 Å². The van der Waals surface area contributed by atoms with Gasteiger partial charge in [0.15, 0.2) is 0 Å². The zero-order valence-electron chi connectivity index (χ0n) is 17.7. The maximum absolute atomic E-state index is 13.3. The molecule has 0 aliphatic carbocycles. The molecular weight excluding hydrogens is 432 g/mol. The van der Waals surface area contributed by atoms with Gasteiger partial charge in [0.25, 0.3) is 0 Å². The maximum atomic E-state index is 13.3. The van der Waals surface area contributed by atoms with E-state index in [1.165, 1.54) is 28.6 Å². The lowest BCUT2D eigenvalue weighted by molar-refractivity contribution is -0.116. The molecule has 0 aliphatic heterocycles. The molecule has 0 fully saturated rings. The Kier molecular flexibility index (Phi) is 7.15. The van der Waals surface area contributed by atoms with Gasteiger partial charge in [-0.25, -0.2) is 8.42 Å². The van der Waals surface area contributed by atoms with Crippen LogP contribution in [0.15, 0.2) is 71.6 Å². The number of nitrogens with zero attached hydrogens (tertiary/aromatic N) is 1. The molecule has 1 amide bonds. The zero-order chi connectivity index (χ0) is 22.6. The highest BCUT2D eigenvalue weighted by atomic mass is 35.5. The first-order valence-corrected chi connectivity index (χ1v) is 11.7. The van der Waals surface area contributed by atoms with Crippen LogP contribution in [0.5, 0.6) is 0 Å². The molecule has 3 rings (SSSR count). The summed E-state index contributed by atoms with van der Waals surface area (Å²) in [6.07, 6.45) is 0. The second-order valence-electron chi connectivity index (χ2n) is 7.53. The van der Waals surface area contributed by atoms with Gasteiger partial charge >= 0.3 is 0 Å². The molecule has 162 valence electrons. The minimum Gasteiger partial charge on any atom is -0.324 e. The molecule has 0 heterocycles. The van der Waals surface area contributed by atoms with Gasteiger partial charge in [-0.1, -0.05) is 59.6 Å². The molecule has 0 spiro atoms. The van der Waals surface area contributed by atoms with Crippen LogP contribution in [0.1, 0.15) is 22.3 Å². The number of halogens is 1. The number of amides is 1. The Bertz CT molecular complexity index is 1150. The smallest absolute Gasteiger partial charge is 0.243 e. The summed E-state index contributed by atoms with van der Waals surface area (Å²) < 4.78 is 27.8. The van der Waals surface area contributed by atoms with Crippen molar-refractivity contribution in [2.75, 3.05) is 11.9 Å². The van der Waals surface area contributed by atoms with E-state index in [9.17, 15) is 13.2 Å². The van der Waals surface area contributed by atoms with Crippen LogP contribution in [-0.4, -0.2) is 25.2 Å². The first-order valence-electron chi connectivity index (χ1n) is 9.84. The summed E-state index contributed by atoms with van der Waals surface area (Å²) in [4.78, 5) is 13.0. The third kappa shape index (κ3) is 5.73. The number of benzene rings is 3. The van der Waals surface area contributed by atoms with E-state index in [1.54, 1.807) is 0 Å². The third-order valence-corrected chi connectivity index (χ3v) is 6.97. The lowest BCUT2D eigenvalue weighted by Crippen LogP contribution is -2.37. The van der Waals surface area contributed by atoms with Crippen molar-refractivity contribution in [3.05, 3.63) is 94.0 Å². The number of nitrogens with one attached hydrogen (secondary N) is 1. The van der Waals surface area contributed by atoms with Crippen LogP contribution in [-0.2, 0) is 21.4 Å². The van der Waals surface area contributed by atoms with Crippen LogP contribution in [0.4, 0.5) is 5.69 Å². The lowest BCUT2D eigenvalue weighted by Gasteiger charge is -2.23. The van der Waals surface area contributed by atoms with Crippen molar-refractivity contribution >= 4 is 33.2 Å². The highest BCUT2D eigenvalue weighted by Gasteiger charge is 2.27. The van der Waals surface area contributed by atoms with Gasteiger partial charge in [-0.15, -0.1) is 0 Å². The van der Waals surface area contributed by atoms with Gasteiger partial charge in [0.05, 0.1) is 11.4 Å². The Balaban J connectivity index is 1.89. The molecule has 0 aliphatic rings. The van der Waals surface area contributed by atoms with Crippen molar-refractivity contribution in [1.29, 1.82) is 0 Å². The lowest BCUT2D eigenvalue weighted by atomic mass is 10.1. The van der Waals surface area contributed by atoms with Crippen molar-refractivity contribution in [2.45, 2.75) is 32.2 Å². The Hall–Kier alpha value is -2.67. The van der Waals surface area contributed by atoms with E-state index < -0.39 is 15.9 Å². The number of rotatable bonds is 7.